The second-order valence-electron chi connectivity index (χ2n) is 4.62. The number of amides is 1. The van der Waals surface area contributed by atoms with Gasteiger partial charge in [-0.15, -0.1) is 11.3 Å². The normalized spacial score (nSPS) is 23.9. The minimum Gasteiger partial charge on any atom is -0.355 e. The van der Waals surface area contributed by atoms with Crippen LogP contribution in [0.15, 0.2) is 5.38 Å². The highest BCUT2D eigenvalue weighted by atomic mass is 32.1. The second kappa shape index (κ2) is 5.60. The van der Waals surface area contributed by atoms with Gasteiger partial charge in [0.25, 0.3) is 0 Å². The molecule has 0 spiro atoms. The van der Waals surface area contributed by atoms with Crippen LogP contribution in [0.5, 0.6) is 0 Å². The Morgan fingerprint density at radius 3 is 3.06 bits per heavy atom. The van der Waals surface area contributed by atoms with Crippen LogP contribution in [-0.2, 0) is 11.2 Å². The molecule has 1 heterocycles. The molecule has 0 aromatic carbocycles. The lowest BCUT2D eigenvalue weighted by molar-refractivity contribution is -0.125. The average molecular weight is 253 g/mol. The number of carbonyl (C=O) groups is 1. The van der Waals surface area contributed by atoms with Gasteiger partial charge in [0.05, 0.1) is 10.9 Å². The molecule has 94 valence electrons. The Balaban J connectivity index is 1.73. The van der Waals surface area contributed by atoms with Gasteiger partial charge in [0.15, 0.2) is 0 Å². The van der Waals surface area contributed by atoms with Crippen LogP contribution in [0.2, 0.25) is 0 Å². The lowest BCUT2D eigenvalue weighted by Crippen LogP contribution is -2.39. The number of rotatable bonds is 4. The van der Waals surface area contributed by atoms with E-state index in [9.17, 15) is 4.79 Å². The first-order valence-electron chi connectivity index (χ1n) is 6.11. The molecule has 1 aromatic heterocycles. The number of carbonyl (C=O) groups excluding carboxylic acids is 1. The van der Waals surface area contributed by atoms with Crippen molar-refractivity contribution in [3.63, 3.8) is 0 Å². The molecule has 1 aliphatic carbocycles. The van der Waals surface area contributed by atoms with Crippen LogP contribution in [0, 0.1) is 12.8 Å². The fraction of sp³-hybridized carbons (Fsp3) is 0.667. The van der Waals surface area contributed by atoms with Gasteiger partial charge in [-0.3, -0.25) is 4.79 Å². The molecule has 17 heavy (non-hydrogen) atoms. The average Bonchev–Trinajstić information content (AvgIpc) is 2.87. The standard InChI is InChI=1S/C12H19N3OS/c1-8-7-17-11(15-8)5-6-14-12(16)9-3-2-4-10(9)13/h7,9-10H,2-6,13H2,1H3,(H,14,16). The lowest BCUT2D eigenvalue weighted by Gasteiger charge is -2.14. The molecular formula is C12H19N3OS. The number of nitrogens with two attached hydrogens (primary N) is 1. The van der Waals surface area contributed by atoms with Gasteiger partial charge in [-0.25, -0.2) is 4.98 Å². The maximum absolute atomic E-state index is 11.8. The maximum Gasteiger partial charge on any atom is 0.224 e. The molecule has 1 amide bonds. The highest BCUT2D eigenvalue weighted by Gasteiger charge is 2.29. The summed E-state index contributed by atoms with van der Waals surface area (Å²) < 4.78 is 0. The number of hydrogen-bond donors (Lipinski definition) is 2. The van der Waals surface area contributed by atoms with Crippen molar-refractivity contribution >= 4 is 17.2 Å². The van der Waals surface area contributed by atoms with Crippen molar-refractivity contribution in [1.29, 1.82) is 0 Å². The molecule has 0 saturated heterocycles. The largest absolute Gasteiger partial charge is 0.355 e. The Labute approximate surface area is 106 Å². The number of aromatic nitrogens is 1. The maximum atomic E-state index is 11.8. The minimum atomic E-state index is 0.0213. The third-order valence-electron chi connectivity index (χ3n) is 3.21. The molecule has 2 rings (SSSR count). The summed E-state index contributed by atoms with van der Waals surface area (Å²) in [6.45, 7) is 2.64. The summed E-state index contributed by atoms with van der Waals surface area (Å²) in [7, 11) is 0. The summed E-state index contributed by atoms with van der Waals surface area (Å²) >= 11 is 1.65. The van der Waals surface area contributed by atoms with Crippen LogP contribution in [0.3, 0.4) is 0 Å². The molecule has 1 saturated carbocycles. The Morgan fingerprint density at radius 2 is 2.47 bits per heavy atom. The van der Waals surface area contributed by atoms with Gasteiger partial charge in [0.2, 0.25) is 5.91 Å². The zero-order chi connectivity index (χ0) is 12.3. The molecule has 3 N–H and O–H groups in total. The van der Waals surface area contributed by atoms with E-state index in [4.69, 9.17) is 5.73 Å². The molecule has 0 bridgehead atoms. The van der Waals surface area contributed by atoms with E-state index in [2.05, 4.69) is 10.3 Å². The number of nitrogens with one attached hydrogen (secondary N) is 1. The van der Waals surface area contributed by atoms with Gasteiger partial charge in [-0.2, -0.15) is 0 Å². The third kappa shape index (κ3) is 3.26. The molecule has 1 fully saturated rings. The Morgan fingerprint density at radius 1 is 1.65 bits per heavy atom. The van der Waals surface area contributed by atoms with Crippen LogP contribution in [0.25, 0.3) is 0 Å². The molecule has 0 aliphatic heterocycles. The molecule has 1 aliphatic rings. The SMILES string of the molecule is Cc1csc(CCNC(=O)C2CCCC2N)n1. The van der Waals surface area contributed by atoms with Gasteiger partial charge in [0.1, 0.15) is 0 Å². The predicted molar refractivity (Wildman–Crippen MR) is 68.9 cm³/mol. The Hall–Kier alpha value is -0.940. The minimum absolute atomic E-state index is 0.0213. The van der Waals surface area contributed by atoms with E-state index in [1.165, 1.54) is 0 Å². The first kappa shape index (κ1) is 12.5. The monoisotopic (exact) mass is 253 g/mol. The summed E-state index contributed by atoms with van der Waals surface area (Å²) in [6.07, 6.45) is 3.80. The summed E-state index contributed by atoms with van der Waals surface area (Å²) in [5.74, 6) is 0.135. The summed E-state index contributed by atoms with van der Waals surface area (Å²) in [6, 6.07) is 0.0529. The van der Waals surface area contributed by atoms with Crippen LogP contribution in [0.1, 0.15) is 30.0 Å². The van der Waals surface area contributed by atoms with Gasteiger partial charge >= 0.3 is 0 Å². The van der Waals surface area contributed by atoms with Crippen LogP contribution < -0.4 is 11.1 Å². The van der Waals surface area contributed by atoms with E-state index in [1.807, 2.05) is 12.3 Å². The summed E-state index contributed by atoms with van der Waals surface area (Å²) in [5.41, 5.74) is 6.95. The highest BCUT2D eigenvalue weighted by molar-refractivity contribution is 7.09. The third-order valence-corrected chi connectivity index (χ3v) is 4.24. The number of hydrogen-bond acceptors (Lipinski definition) is 4. The molecule has 0 radical (unpaired) electrons. The van der Waals surface area contributed by atoms with Crippen molar-refractivity contribution in [3.8, 4) is 0 Å². The van der Waals surface area contributed by atoms with E-state index in [0.29, 0.717) is 6.54 Å². The fourth-order valence-corrected chi connectivity index (χ4v) is 3.03. The van der Waals surface area contributed by atoms with E-state index in [1.54, 1.807) is 11.3 Å². The van der Waals surface area contributed by atoms with Crippen LogP contribution in [0.4, 0.5) is 0 Å². The summed E-state index contributed by atoms with van der Waals surface area (Å²) in [5, 5.41) is 6.07. The van der Waals surface area contributed by atoms with Crippen molar-refractivity contribution in [3.05, 3.63) is 16.1 Å². The molecular weight excluding hydrogens is 234 g/mol. The number of aryl methyl sites for hydroxylation is 1. The highest BCUT2D eigenvalue weighted by Crippen LogP contribution is 2.23. The number of thiazole rings is 1. The van der Waals surface area contributed by atoms with Crippen molar-refractivity contribution < 1.29 is 4.79 Å². The lowest BCUT2D eigenvalue weighted by atomic mass is 10.0. The smallest absolute Gasteiger partial charge is 0.224 e. The molecule has 1 aromatic rings. The predicted octanol–water partition coefficient (Wildman–Crippen LogP) is 1.24. The zero-order valence-electron chi connectivity index (χ0n) is 10.1. The topological polar surface area (TPSA) is 68.0 Å². The van der Waals surface area contributed by atoms with Crippen molar-refractivity contribution in [2.24, 2.45) is 11.7 Å². The van der Waals surface area contributed by atoms with Crippen molar-refractivity contribution in [1.82, 2.24) is 10.3 Å². The summed E-state index contributed by atoms with van der Waals surface area (Å²) in [4.78, 5) is 16.2. The van der Waals surface area contributed by atoms with Gasteiger partial charge in [0, 0.05) is 30.1 Å². The fourth-order valence-electron chi connectivity index (χ4n) is 2.26. The van der Waals surface area contributed by atoms with E-state index >= 15 is 0 Å². The first-order valence-corrected chi connectivity index (χ1v) is 6.99. The van der Waals surface area contributed by atoms with E-state index < -0.39 is 0 Å². The molecule has 4 nitrogen and oxygen atoms in total. The molecule has 2 unspecified atom stereocenters. The zero-order valence-corrected chi connectivity index (χ0v) is 10.9. The van der Waals surface area contributed by atoms with Crippen LogP contribution in [-0.4, -0.2) is 23.5 Å². The van der Waals surface area contributed by atoms with Gasteiger partial charge in [-0.1, -0.05) is 6.42 Å². The van der Waals surface area contributed by atoms with Crippen molar-refractivity contribution in [2.45, 2.75) is 38.6 Å². The van der Waals surface area contributed by atoms with Crippen molar-refractivity contribution in [2.75, 3.05) is 6.54 Å². The van der Waals surface area contributed by atoms with E-state index in [0.717, 1.165) is 36.4 Å². The van der Waals surface area contributed by atoms with Gasteiger partial charge in [-0.05, 0) is 19.8 Å². The van der Waals surface area contributed by atoms with E-state index in [-0.39, 0.29) is 17.9 Å². The molecule has 2 atom stereocenters. The second-order valence-corrected chi connectivity index (χ2v) is 5.57. The van der Waals surface area contributed by atoms with Gasteiger partial charge < -0.3 is 11.1 Å². The Kier molecular flexibility index (Phi) is 4.12. The molecule has 5 heteroatoms. The Bertz CT molecular complexity index is 391. The van der Waals surface area contributed by atoms with Crippen LogP contribution >= 0.6 is 11.3 Å². The quantitative estimate of drug-likeness (QED) is 0.848. The first-order chi connectivity index (χ1) is 8.16. The number of nitrogens with zero attached hydrogens (tertiary/aromatic N) is 1.